The molecule has 0 fully saturated rings. The van der Waals surface area contributed by atoms with E-state index in [4.69, 9.17) is 11.0 Å². The van der Waals surface area contributed by atoms with Crippen molar-refractivity contribution >= 4 is 16.9 Å². The van der Waals surface area contributed by atoms with E-state index in [1.165, 1.54) is 23.0 Å². The van der Waals surface area contributed by atoms with Crippen LogP contribution in [0.2, 0.25) is 0 Å². The molecule has 28 heavy (non-hydrogen) atoms. The molecule has 0 saturated carbocycles. The fraction of sp³-hybridized carbons (Fsp3) is 0.0526. The van der Waals surface area contributed by atoms with Gasteiger partial charge in [-0.2, -0.15) is 23.5 Å². The first-order valence-corrected chi connectivity index (χ1v) is 8.06. The third-order valence-electron chi connectivity index (χ3n) is 4.17. The van der Waals surface area contributed by atoms with Gasteiger partial charge in [-0.1, -0.05) is 12.1 Å². The Bertz CT molecular complexity index is 1200. The Kier molecular flexibility index (Phi) is 3.96. The Labute approximate surface area is 156 Å². The van der Waals surface area contributed by atoms with Crippen molar-refractivity contribution in [3.8, 4) is 23.1 Å². The fourth-order valence-electron chi connectivity index (χ4n) is 2.73. The first kappa shape index (κ1) is 17.5. The van der Waals surface area contributed by atoms with E-state index in [1.807, 2.05) is 6.07 Å². The van der Waals surface area contributed by atoms with Crippen LogP contribution in [-0.4, -0.2) is 19.7 Å². The average Bonchev–Trinajstić information content (AvgIpc) is 3.12. The van der Waals surface area contributed by atoms with Crippen molar-refractivity contribution in [1.82, 2.24) is 19.7 Å². The van der Waals surface area contributed by atoms with Crippen molar-refractivity contribution in [1.29, 1.82) is 5.26 Å². The highest BCUT2D eigenvalue weighted by Gasteiger charge is 2.30. The highest BCUT2D eigenvalue weighted by Crippen LogP contribution is 2.31. The van der Waals surface area contributed by atoms with Gasteiger partial charge in [0.15, 0.2) is 11.5 Å². The van der Waals surface area contributed by atoms with E-state index in [9.17, 15) is 13.2 Å². The van der Waals surface area contributed by atoms with Gasteiger partial charge < -0.3 is 5.73 Å². The molecule has 0 bridgehead atoms. The van der Waals surface area contributed by atoms with E-state index in [-0.39, 0.29) is 11.6 Å². The monoisotopic (exact) mass is 380 g/mol. The van der Waals surface area contributed by atoms with Gasteiger partial charge in [-0.25, -0.2) is 14.6 Å². The van der Waals surface area contributed by atoms with Gasteiger partial charge in [-0.3, -0.25) is 0 Å². The van der Waals surface area contributed by atoms with Crippen LogP contribution in [0, 0.1) is 11.3 Å². The number of alkyl halides is 3. The number of nitrogens with zero attached hydrogens (tertiary/aromatic N) is 5. The number of halogens is 3. The second-order valence-corrected chi connectivity index (χ2v) is 5.96. The molecule has 2 aromatic carbocycles. The molecule has 138 valence electrons. The predicted molar refractivity (Wildman–Crippen MR) is 96.2 cm³/mol. The molecule has 0 aliphatic heterocycles. The van der Waals surface area contributed by atoms with Crippen LogP contribution in [0.25, 0.3) is 28.1 Å². The van der Waals surface area contributed by atoms with Crippen molar-refractivity contribution < 1.29 is 13.2 Å². The molecule has 0 radical (unpaired) electrons. The maximum Gasteiger partial charge on any atom is 0.416 e. The van der Waals surface area contributed by atoms with E-state index >= 15 is 0 Å². The molecule has 2 heterocycles. The van der Waals surface area contributed by atoms with E-state index in [0.717, 1.165) is 12.1 Å². The molecule has 0 amide bonds. The number of fused-ring (bicyclic) bond motifs is 1. The highest BCUT2D eigenvalue weighted by molar-refractivity contribution is 5.87. The molecule has 0 atom stereocenters. The summed E-state index contributed by atoms with van der Waals surface area (Å²) in [5.74, 6) is 0.355. The SMILES string of the molecule is N#Cc1ccc(-n2ncc3c(N)nc(-c4ccc(C(F)(F)F)cc4)nc32)cc1. The second-order valence-electron chi connectivity index (χ2n) is 5.96. The van der Waals surface area contributed by atoms with E-state index in [2.05, 4.69) is 15.1 Å². The average molecular weight is 380 g/mol. The van der Waals surface area contributed by atoms with Gasteiger partial charge in [-0.05, 0) is 36.4 Å². The summed E-state index contributed by atoms with van der Waals surface area (Å²) < 4.78 is 39.8. The third kappa shape index (κ3) is 3.01. The Morgan fingerprint density at radius 3 is 2.25 bits per heavy atom. The Balaban J connectivity index is 1.82. The summed E-state index contributed by atoms with van der Waals surface area (Å²) >= 11 is 0. The third-order valence-corrected chi connectivity index (χ3v) is 4.17. The Morgan fingerprint density at radius 2 is 1.64 bits per heavy atom. The van der Waals surface area contributed by atoms with Crippen LogP contribution in [0.15, 0.2) is 54.7 Å². The molecule has 4 rings (SSSR count). The zero-order valence-corrected chi connectivity index (χ0v) is 14.1. The number of rotatable bonds is 2. The van der Waals surface area contributed by atoms with Gasteiger partial charge in [0.2, 0.25) is 0 Å². The van der Waals surface area contributed by atoms with Crippen LogP contribution in [0.5, 0.6) is 0 Å². The van der Waals surface area contributed by atoms with Crippen LogP contribution >= 0.6 is 0 Å². The molecule has 0 spiro atoms. The lowest BCUT2D eigenvalue weighted by atomic mass is 10.1. The standard InChI is InChI=1S/C19H11F3N6/c20-19(21,22)13-5-3-12(4-6-13)17-26-16(24)15-10-25-28(18(15)27-17)14-7-1-11(9-23)2-8-14/h1-8,10H,(H2,24,26,27). The Hall–Kier alpha value is -3.93. The molecule has 4 aromatic rings. The highest BCUT2D eigenvalue weighted by atomic mass is 19.4. The number of nitrogen functional groups attached to an aromatic ring is 1. The summed E-state index contributed by atoms with van der Waals surface area (Å²) in [7, 11) is 0. The molecule has 0 saturated heterocycles. The number of benzene rings is 2. The van der Waals surface area contributed by atoms with Crippen LogP contribution in [-0.2, 0) is 6.18 Å². The summed E-state index contributed by atoms with van der Waals surface area (Å²) in [6.45, 7) is 0. The van der Waals surface area contributed by atoms with Crippen LogP contribution < -0.4 is 5.73 Å². The molecular weight excluding hydrogens is 369 g/mol. The van der Waals surface area contributed by atoms with Gasteiger partial charge >= 0.3 is 6.18 Å². The molecular formula is C19H11F3N6. The first-order valence-electron chi connectivity index (χ1n) is 8.06. The predicted octanol–water partition coefficient (Wildman–Crippen LogP) is 3.96. The lowest BCUT2D eigenvalue weighted by Gasteiger charge is -2.08. The smallest absolute Gasteiger partial charge is 0.383 e. The summed E-state index contributed by atoms with van der Waals surface area (Å²) in [6, 6.07) is 13.3. The molecule has 0 aliphatic carbocycles. The van der Waals surface area contributed by atoms with Gasteiger partial charge in [0, 0.05) is 5.56 Å². The summed E-state index contributed by atoms with van der Waals surface area (Å²) in [6.07, 6.45) is -2.91. The second kappa shape index (κ2) is 6.35. The van der Waals surface area contributed by atoms with Crippen molar-refractivity contribution in [3.63, 3.8) is 0 Å². The zero-order chi connectivity index (χ0) is 19.9. The lowest BCUT2D eigenvalue weighted by Crippen LogP contribution is -2.05. The largest absolute Gasteiger partial charge is 0.416 e. The van der Waals surface area contributed by atoms with Gasteiger partial charge in [0.1, 0.15) is 5.82 Å². The first-order chi connectivity index (χ1) is 13.4. The normalized spacial score (nSPS) is 11.5. The summed E-state index contributed by atoms with van der Waals surface area (Å²) in [5, 5.41) is 13.7. The number of hydrogen-bond acceptors (Lipinski definition) is 5. The molecule has 0 aliphatic rings. The minimum atomic E-state index is -4.42. The van der Waals surface area contributed by atoms with Gasteiger partial charge in [0.05, 0.1) is 34.5 Å². The van der Waals surface area contributed by atoms with E-state index in [0.29, 0.717) is 27.8 Å². The number of aromatic nitrogens is 4. The van der Waals surface area contributed by atoms with Gasteiger partial charge in [-0.15, -0.1) is 0 Å². The lowest BCUT2D eigenvalue weighted by molar-refractivity contribution is -0.137. The maximum absolute atomic E-state index is 12.8. The molecule has 2 aromatic heterocycles. The fourth-order valence-corrected chi connectivity index (χ4v) is 2.73. The minimum absolute atomic E-state index is 0.166. The number of nitrogens with two attached hydrogens (primary N) is 1. The quantitative estimate of drug-likeness (QED) is 0.568. The molecule has 9 heteroatoms. The topological polar surface area (TPSA) is 93.4 Å². The van der Waals surface area contributed by atoms with Crippen molar-refractivity contribution in [2.24, 2.45) is 0 Å². The van der Waals surface area contributed by atoms with Crippen molar-refractivity contribution in [2.75, 3.05) is 5.73 Å². The van der Waals surface area contributed by atoms with Gasteiger partial charge in [0.25, 0.3) is 0 Å². The van der Waals surface area contributed by atoms with Crippen molar-refractivity contribution in [2.45, 2.75) is 6.18 Å². The van der Waals surface area contributed by atoms with Crippen LogP contribution in [0.3, 0.4) is 0 Å². The number of anilines is 1. The number of hydrogen-bond donors (Lipinski definition) is 1. The molecule has 6 nitrogen and oxygen atoms in total. The van der Waals surface area contributed by atoms with Crippen molar-refractivity contribution in [3.05, 3.63) is 65.9 Å². The van der Waals surface area contributed by atoms with E-state index in [1.54, 1.807) is 24.3 Å². The Morgan fingerprint density at radius 1 is 0.964 bits per heavy atom. The molecule has 2 N–H and O–H groups in total. The molecule has 0 unspecified atom stereocenters. The zero-order valence-electron chi connectivity index (χ0n) is 14.1. The maximum atomic E-state index is 12.8. The number of nitriles is 1. The van der Waals surface area contributed by atoms with Crippen LogP contribution in [0.4, 0.5) is 19.0 Å². The minimum Gasteiger partial charge on any atom is -0.383 e. The van der Waals surface area contributed by atoms with Crippen LogP contribution in [0.1, 0.15) is 11.1 Å². The van der Waals surface area contributed by atoms with E-state index < -0.39 is 11.7 Å². The summed E-state index contributed by atoms with van der Waals surface area (Å²) in [5.41, 5.74) is 7.21. The summed E-state index contributed by atoms with van der Waals surface area (Å²) in [4.78, 5) is 8.63.